The number of aliphatic imine (C=N–C) groups is 1. The highest BCUT2D eigenvalue weighted by molar-refractivity contribution is 14.0. The van der Waals surface area contributed by atoms with Gasteiger partial charge in [0, 0.05) is 39.8 Å². The van der Waals surface area contributed by atoms with Crippen LogP contribution in [0.5, 0.6) is 0 Å². The van der Waals surface area contributed by atoms with Crippen molar-refractivity contribution in [2.45, 2.75) is 26.5 Å². The first-order valence-electron chi connectivity index (χ1n) is 9.43. The topological polar surface area (TPSA) is 55.3 Å². The summed E-state index contributed by atoms with van der Waals surface area (Å²) in [4.78, 5) is 7.17. The summed E-state index contributed by atoms with van der Waals surface area (Å²) in [6.07, 6.45) is 1.14. The number of nitrogens with zero attached hydrogens (tertiary/aromatic N) is 2. The summed E-state index contributed by atoms with van der Waals surface area (Å²) in [7, 11) is 3.41. The van der Waals surface area contributed by atoms with E-state index in [1.807, 2.05) is 0 Å². The zero-order valence-electron chi connectivity index (χ0n) is 16.8. The summed E-state index contributed by atoms with van der Waals surface area (Å²) in [6.45, 7) is 8.44. The van der Waals surface area contributed by atoms with Crippen LogP contribution in [0, 0.1) is 5.92 Å². The van der Waals surface area contributed by atoms with Gasteiger partial charge >= 0.3 is 0 Å². The lowest BCUT2D eigenvalue weighted by Crippen LogP contribution is -2.40. The van der Waals surface area contributed by atoms with Crippen molar-refractivity contribution in [3.8, 4) is 0 Å². The molecule has 1 unspecified atom stereocenters. The van der Waals surface area contributed by atoms with Crippen molar-refractivity contribution < 1.29 is 14.2 Å². The molecule has 1 heterocycles. The molecule has 1 atom stereocenters. The number of nitrogens with one attached hydrogen (secondary N) is 1. The molecule has 0 amide bonds. The molecule has 0 bridgehead atoms. The van der Waals surface area contributed by atoms with Crippen LogP contribution in [0.25, 0.3) is 0 Å². The van der Waals surface area contributed by atoms with Crippen molar-refractivity contribution in [2.24, 2.45) is 10.9 Å². The van der Waals surface area contributed by atoms with Crippen LogP contribution in [-0.2, 0) is 27.4 Å². The van der Waals surface area contributed by atoms with E-state index in [9.17, 15) is 0 Å². The largest absolute Gasteiger partial charge is 0.382 e. The Morgan fingerprint density at radius 3 is 2.56 bits per heavy atom. The molecule has 0 aliphatic carbocycles. The Kier molecular flexibility index (Phi) is 12.6. The normalized spacial score (nSPS) is 17.1. The van der Waals surface area contributed by atoms with Gasteiger partial charge in [-0.15, -0.1) is 24.0 Å². The van der Waals surface area contributed by atoms with Gasteiger partial charge < -0.3 is 24.4 Å². The van der Waals surface area contributed by atoms with Crippen molar-refractivity contribution in [3.05, 3.63) is 35.4 Å². The number of benzene rings is 1. The van der Waals surface area contributed by atoms with E-state index < -0.39 is 0 Å². The Morgan fingerprint density at radius 2 is 1.89 bits per heavy atom. The van der Waals surface area contributed by atoms with Crippen molar-refractivity contribution in [1.82, 2.24) is 10.2 Å². The first kappa shape index (κ1) is 24.1. The number of likely N-dealkylation sites (tertiary alicyclic amines) is 1. The molecule has 27 heavy (non-hydrogen) atoms. The second-order valence-corrected chi connectivity index (χ2v) is 6.59. The molecule has 1 N–H and O–H groups in total. The standard InChI is InChI=1S/C20H33N3O3.HI/c1-4-21-20(22-13-17-5-7-18(8-6-17)15-25-3)23-10-9-19(14-23)16-26-12-11-24-2;/h5-8,19H,4,9-16H2,1-3H3,(H,21,22);1H. The molecule has 0 saturated carbocycles. The van der Waals surface area contributed by atoms with E-state index in [2.05, 4.69) is 41.4 Å². The van der Waals surface area contributed by atoms with Gasteiger partial charge in [-0.2, -0.15) is 0 Å². The zero-order valence-corrected chi connectivity index (χ0v) is 19.1. The van der Waals surface area contributed by atoms with Crippen LogP contribution in [0.2, 0.25) is 0 Å². The fourth-order valence-electron chi connectivity index (χ4n) is 3.05. The molecule has 2 rings (SSSR count). The van der Waals surface area contributed by atoms with Gasteiger partial charge in [0.15, 0.2) is 5.96 Å². The van der Waals surface area contributed by atoms with Gasteiger partial charge in [0.2, 0.25) is 0 Å². The monoisotopic (exact) mass is 491 g/mol. The summed E-state index contributed by atoms with van der Waals surface area (Å²) in [5, 5.41) is 3.42. The molecule has 154 valence electrons. The predicted octanol–water partition coefficient (Wildman–Crippen LogP) is 2.90. The Balaban J connectivity index is 0.00000364. The van der Waals surface area contributed by atoms with Gasteiger partial charge in [0.25, 0.3) is 0 Å². The third-order valence-electron chi connectivity index (χ3n) is 4.45. The fraction of sp³-hybridized carbons (Fsp3) is 0.650. The Morgan fingerprint density at radius 1 is 1.15 bits per heavy atom. The minimum Gasteiger partial charge on any atom is -0.382 e. The van der Waals surface area contributed by atoms with E-state index in [1.54, 1.807) is 14.2 Å². The summed E-state index contributed by atoms with van der Waals surface area (Å²) >= 11 is 0. The Labute approximate surface area is 180 Å². The SMILES string of the molecule is CCNC(=NCc1ccc(COC)cc1)N1CCC(COCCOC)C1.I. The van der Waals surface area contributed by atoms with Gasteiger partial charge in [-0.25, -0.2) is 4.99 Å². The van der Waals surface area contributed by atoms with E-state index >= 15 is 0 Å². The molecule has 1 aromatic rings. The van der Waals surface area contributed by atoms with Crippen LogP contribution in [0.4, 0.5) is 0 Å². The van der Waals surface area contributed by atoms with Crippen LogP contribution >= 0.6 is 24.0 Å². The lowest BCUT2D eigenvalue weighted by molar-refractivity contribution is 0.0536. The van der Waals surface area contributed by atoms with Crippen molar-refractivity contribution in [1.29, 1.82) is 0 Å². The van der Waals surface area contributed by atoms with Crippen LogP contribution in [0.1, 0.15) is 24.5 Å². The molecule has 0 aromatic heterocycles. The van der Waals surface area contributed by atoms with Crippen molar-refractivity contribution >= 4 is 29.9 Å². The summed E-state index contributed by atoms with van der Waals surface area (Å²) in [5.74, 6) is 1.55. The van der Waals surface area contributed by atoms with Crippen LogP contribution in [0.15, 0.2) is 29.3 Å². The number of hydrogen-bond acceptors (Lipinski definition) is 4. The van der Waals surface area contributed by atoms with Crippen LogP contribution in [0.3, 0.4) is 0 Å². The lowest BCUT2D eigenvalue weighted by atomic mass is 10.1. The molecule has 1 aromatic carbocycles. The second kappa shape index (κ2) is 14.1. The highest BCUT2D eigenvalue weighted by Crippen LogP contribution is 2.17. The number of methoxy groups -OCH3 is 2. The minimum absolute atomic E-state index is 0. The van der Waals surface area contributed by atoms with Gasteiger partial charge in [-0.1, -0.05) is 24.3 Å². The average molecular weight is 491 g/mol. The summed E-state index contributed by atoms with van der Waals surface area (Å²) in [6, 6.07) is 8.45. The maximum absolute atomic E-state index is 5.68. The first-order chi connectivity index (χ1) is 12.8. The third kappa shape index (κ3) is 8.76. The number of hydrogen-bond donors (Lipinski definition) is 1. The number of guanidine groups is 1. The van der Waals surface area contributed by atoms with E-state index in [4.69, 9.17) is 19.2 Å². The van der Waals surface area contributed by atoms with Gasteiger partial charge in [0.1, 0.15) is 0 Å². The number of rotatable bonds is 10. The zero-order chi connectivity index (χ0) is 18.6. The average Bonchev–Trinajstić information content (AvgIpc) is 3.12. The number of ether oxygens (including phenoxy) is 3. The van der Waals surface area contributed by atoms with Crippen molar-refractivity contribution in [3.63, 3.8) is 0 Å². The minimum atomic E-state index is 0. The first-order valence-corrected chi connectivity index (χ1v) is 9.43. The van der Waals surface area contributed by atoms with E-state index in [1.165, 1.54) is 11.1 Å². The van der Waals surface area contributed by atoms with Gasteiger partial charge in [0.05, 0.1) is 33.0 Å². The summed E-state index contributed by atoms with van der Waals surface area (Å²) < 4.78 is 15.9. The fourth-order valence-corrected chi connectivity index (χ4v) is 3.05. The molecule has 1 aliphatic heterocycles. The summed E-state index contributed by atoms with van der Waals surface area (Å²) in [5.41, 5.74) is 2.39. The van der Waals surface area contributed by atoms with Crippen molar-refractivity contribution in [2.75, 3.05) is 53.7 Å². The highest BCUT2D eigenvalue weighted by atomic mass is 127. The lowest BCUT2D eigenvalue weighted by Gasteiger charge is -2.21. The maximum Gasteiger partial charge on any atom is 0.194 e. The quantitative estimate of drug-likeness (QED) is 0.236. The molecular formula is C20H34IN3O3. The van der Waals surface area contributed by atoms with E-state index in [0.29, 0.717) is 32.3 Å². The molecular weight excluding hydrogens is 457 g/mol. The molecule has 1 aliphatic rings. The molecule has 7 heteroatoms. The highest BCUT2D eigenvalue weighted by Gasteiger charge is 2.24. The smallest absolute Gasteiger partial charge is 0.194 e. The molecule has 1 saturated heterocycles. The number of halogens is 1. The molecule has 1 fully saturated rings. The van der Waals surface area contributed by atoms with Crippen LogP contribution < -0.4 is 5.32 Å². The Hall–Kier alpha value is -0.900. The van der Waals surface area contributed by atoms with Gasteiger partial charge in [-0.05, 0) is 24.5 Å². The predicted molar refractivity (Wildman–Crippen MR) is 120 cm³/mol. The third-order valence-corrected chi connectivity index (χ3v) is 4.45. The van der Waals surface area contributed by atoms with Crippen LogP contribution in [-0.4, -0.2) is 64.5 Å². The molecule has 0 radical (unpaired) electrons. The van der Waals surface area contributed by atoms with E-state index in [0.717, 1.165) is 38.6 Å². The van der Waals surface area contributed by atoms with Gasteiger partial charge in [-0.3, -0.25) is 0 Å². The maximum atomic E-state index is 5.68. The molecule has 6 nitrogen and oxygen atoms in total. The van der Waals surface area contributed by atoms with E-state index in [-0.39, 0.29) is 24.0 Å². The second-order valence-electron chi connectivity index (χ2n) is 6.59. The Bertz CT molecular complexity index is 540. The molecule has 0 spiro atoms.